The molecule has 3 rings (SSSR count). The first-order valence-corrected chi connectivity index (χ1v) is 7.35. The third kappa shape index (κ3) is 3.22. The summed E-state index contributed by atoms with van der Waals surface area (Å²) in [7, 11) is 0. The Balaban J connectivity index is 1.76. The van der Waals surface area contributed by atoms with Gasteiger partial charge in [-0.1, -0.05) is 29.8 Å². The van der Waals surface area contributed by atoms with E-state index < -0.39 is 11.8 Å². The highest BCUT2D eigenvalue weighted by Gasteiger charge is 2.20. The minimum atomic E-state index is -0.749. The quantitative estimate of drug-likeness (QED) is 0.754. The standard InChI is InChI=1S/C18H16N2O4/c1-11-6-8-12(9-7-11)23-10-15(21)20-16-13-4-2-3-5-14(13)24-17(16)18(19)22/h2-9H,10H2,1H3,(H2,19,22)(H,20,21). The van der Waals surface area contributed by atoms with Gasteiger partial charge in [0.05, 0.1) is 0 Å². The minimum absolute atomic E-state index is 0.0834. The predicted molar refractivity (Wildman–Crippen MR) is 90.0 cm³/mol. The van der Waals surface area contributed by atoms with E-state index in [0.29, 0.717) is 16.7 Å². The van der Waals surface area contributed by atoms with Gasteiger partial charge in [-0.3, -0.25) is 9.59 Å². The number of nitrogens with two attached hydrogens (primary N) is 1. The van der Waals surface area contributed by atoms with Gasteiger partial charge in [0.25, 0.3) is 11.8 Å². The summed E-state index contributed by atoms with van der Waals surface area (Å²) in [5.41, 5.74) is 7.15. The molecule has 0 saturated heterocycles. The summed E-state index contributed by atoms with van der Waals surface area (Å²) in [6.07, 6.45) is 0. The predicted octanol–water partition coefficient (Wildman–Crippen LogP) is 2.86. The number of nitrogens with one attached hydrogen (secondary N) is 1. The van der Waals surface area contributed by atoms with Gasteiger partial charge in [-0.2, -0.15) is 0 Å². The molecule has 0 atom stereocenters. The molecule has 6 heteroatoms. The van der Waals surface area contributed by atoms with Crippen LogP contribution in [0.1, 0.15) is 16.1 Å². The Morgan fingerprint density at radius 3 is 2.54 bits per heavy atom. The highest BCUT2D eigenvalue weighted by Crippen LogP contribution is 2.30. The van der Waals surface area contributed by atoms with Gasteiger partial charge in [0, 0.05) is 5.39 Å². The summed E-state index contributed by atoms with van der Waals surface area (Å²) in [6.45, 7) is 1.77. The number of benzene rings is 2. The average Bonchev–Trinajstić information content (AvgIpc) is 2.93. The normalized spacial score (nSPS) is 10.5. The van der Waals surface area contributed by atoms with E-state index >= 15 is 0 Å². The lowest BCUT2D eigenvalue weighted by molar-refractivity contribution is -0.118. The van der Waals surface area contributed by atoms with Crippen LogP contribution < -0.4 is 15.8 Å². The zero-order chi connectivity index (χ0) is 17.1. The molecule has 24 heavy (non-hydrogen) atoms. The van der Waals surface area contributed by atoms with Crippen LogP contribution in [0.3, 0.4) is 0 Å². The Morgan fingerprint density at radius 1 is 1.12 bits per heavy atom. The van der Waals surface area contributed by atoms with Crippen molar-refractivity contribution in [1.82, 2.24) is 0 Å². The molecular formula is C18H16N2O4. The molecule has 2 aromatic carbocycles. The van der Waals surface area contributed by atoms with Gasteiger partial charge in [0.1, 0.15) is 17.0 Å². The van der Waals surface area contributed by atoms with E-state index in [1.54, 1.807) is 36.4 Å². The number of carbonyl (C=O) groups excluding carboxylic acids is 2. The van der Waals surface area contributed by atoms with Crippen molar-refractivity contribution in [3.05, 3.63) is 59.9 Å². The highest BCUT2D eigenvalue weighted by atomic mass is 16.5. The third-order valence-electron chi connectivity index (χ3n) is 3.47. The van der Waals surface area contributed by atoms with Crippen LogP contribution in [0.5, 0.6) is 5.75 Å². The minimum Gasteiger partial charge on any atom is -0.484 e. The molecule has 0 unspecified atom stereocenters. The van der Waals surface area contributed by atoms with E-state index in [1.165, 1.54) is 0 Å². The SMILES string of the molecule is Cc1ccc(OCC(=O)Nc2c(C(N)=O)oc3ccccc23)cc1. The maximum absolute atomic E-state index is 12.1. The van der Waals surface area contributed by atoms with Gasteiger partial charge in [-0.05, 0) is 31.2 Å². The molecule has 0 aliphatic rings. The number of amides is 2. The number of furan rings is 1. The molecule has 0 spiro atoms. The molecule has 2 amide bonds. The van der Waals surface area contributed by atoms with Crippen LogP contribution in [0.2, 0.25) is 0 Å². The van der Waals surface area contributed by atoms with E-state index in [-0.39, 0.29) is 18.1 Å². The monoisotopic (exact) mass is 324 g/mol. The van der Waals surface area contributed by atoms with Crippen LogP contribution in [0, 0.1) is 6.92 Å². The molecule has 0 bridgehead atoms. The van der Waals surface area contributed by atoms with Gasteiger partial charge in [-0.15, -0.1) is 0 Å². The summed E-state index contributed by atoms with van der Waals surface area (Å²) in [4.78, 5) is 23.7. The van der Waals surface area contributed by atoms with Gasteiger partial charge >= 0.3 is 0 Å². The molecule has 0 aliphatic carbocycles. The zero-order valence-electron chi connectivity index (χ0n) is 13.0. The summed E-state index contributed by atoms with van der Waals surface area (Å²) in [6, 6.07) is 14.3. The Morgan fingerprint density at radius 2 is 1.83 bits per heavy atom. The van der Waals surface area contributed by atoms with Crippen molar-refractivity contribution in [2.45, 2.75) is 6.92 Å². The first-order chi connectivity index (χ1) is 11.5. The molecular weight excluding hydrogens is 308 g/mol. The molecule has 1 aromatic heterocycles. The second-order valence-corrected chi connectivity index (χ2v) is 5.32. The Bertz CT molecular complexity index is 897. The first kappa shape index (κ1) is 15.6. The molecule has 0 fully saturated rings. The Kier molecular flexibility index (Phi) is 4.20. The van der Waals surface area contributed by atoms with Crippen LogP contribution in [0.25, 0.3) is 11.0 Å². The van der Waals surface area contributed by atoms with Gasteiger partial charge in [0.15, 0.2) is 6.61 Å². The maximum atomic E-state index is 12.1. The van der Waals surface area contributed by atoms with E-state index in [2.05, 4.69) is 5.32 Å². The van der Waals surface area contributed by atoms with Crippen molar-refractivity contribution in [2.24, 2.45) is 5.73 Å². The van der Waals surface area contributed by atoms with Crippen LogP contribution in [-0.2, 0) is 4.79 Å². The van der Waals surface area contributed by atoms with E-state index in [9.17, 15) is 9.59 Å². The number of hydrogen-bond donors (Lipinski definition) is 2. The summed E-state index contributed by atoms with van der Waals surface area (Å²) < 4.78 is 10.8. The number of rotatable bonds is 5. The van der Waals surface area contributed by atoms with Gasteiger partial charge < -0.3 is 20.2 Å². The molecule has 122 valence electrons. The van der Waals surface area contributed by atoms with Crippen molar-refractivity contribution in [1.29, 1.82) is 0 Å². The Hall–Kier alpha value is -3.28. The van der Waals surface area contributed by atoms with Crippen LogP contribution in [-0.4, -0.2) is 18.4 Å². The first-order valence-electron chi connectivity index (χ1n) is 7.35. The van der Waals surface area contributed by atoms with Crippen molar-refractivity contribution >= 4 is 28.5 Å². The highest BCUT2D eigenvalue weighted by molar-refractivity contribution is 6.10. The smallest absolute Gasteiger partial charge is 0.286 e. The van der Waals surface area contributed by atoms with Crippen molar-refractivity contribution in [3.8, 4) is 5.75 Å². The number of anilines is 1. The van der Waals surface area contributed by atoms with Crippen molar-refractivity contribution in [2.75, 3.05) is 11.9 Å². The lowest BCUT2D eigenvalue weighted by atomic mass is 10.2. The summed E-state index contributed by atoms with van der Waals surface area (Å²) >= 11 is 0. The Labute approximate surface area is 138 Å². The fraction of sp³-hybridized carbons (Fsp3) is 0.111. The number of primary amides is 1. The molecule has 6 nitrogen and oxygen atoms in total. The lowest BCUT2D eigenvalue weighted by Gasteiger charge is -2.07. The molecule has 0 saturated carbocycles. The fourth-order valence-corrected chi connectivity index (χ4v) is 2.30. The largest absolute Gasteiger partial charge is 0.484 e. The summed E-state index contributed by atoms with van der Waals surface area (Å²) in [5.74, 6) is -0.659. The molecule has 3 aromatic rings. The number of hydrogen-bond acceptors (Lipinski definition) is 4. The lowest BCUT2D eigenvalue weighted by Crippen LogP contribution is -2.22. The van der Waals surface area contributed by atoms with Gasteiger partial charge in [0.2, 0.25) is 5.76 Å². The van der Waals surface area contributed by atoms with Crippen LogP contribution >= 0.6 is 0 Å². The van der Waals surface area contributed by atoms with E-state index in [4.69, 9.17) is 14.9 Å². The average molecular weight is 324 g/mol. The van der Waals surface area contributed by atoms with Crippen molar-refractivity contribution < 1.29 is 18.7 Å². The topological polar surface area (TPSA) is 94.6 Å². The van der Waals surface area contributed by atoms with E-state index in [1.807, 2.05) is 19.1 Å². The molecule has 3 N–H and O–H groups in total. The van der Waals surface area contributed by atoms with Crippen LogP contribution in [0.15, 0.2) is 52.9 Å². The molecule has 0 radical (unpaired) electrons. The van der Waals surface area contributed by atoms with Crippen molar-refractivity contribution in [3.63, 3.8) is 0 Å². The number of carbonyl (C=O) groups is 2. The fourth-order valence-electron chi connectivity index (χ4n) is 2.30. The number of ether oxygens (including phenoxy) is 1. The zero-order valence-corrected chi connectivity index (χ0v) is 13.0. The van der Waals surface area contributed by atoms with Crippen LogP contribution in [0.4, 0.5) is 5.69 Å². The van der Waals surface area contributed by atoms with E-state index in [0.717, 1.165) is 5.56 Å². The number of para-hydroxylation sites is 1. The second kappa shape index (κ2) is 6.45. The maximum Gasteiger partial charge on any atom is 0.286 e. The number of aryl methyl sites for hydroxylation is 1. The third-order valence-corrected chi connectivity index (χ3v) is 3.47. The number of fused-ring (bicyclic) bond motifs is 1. The second-order valence-electron chi connectivity index (χ2n) is 5.32. The molecule has 0 aliphatic heterocycles. The van der Waals surface area contributed by atoms with Gasteiger partial charge in [-0.25, -0.2) is 0 Å². The molecule has 1 heterocycles. The summed E-state index contributed by atoms with van der Waals surface area (Å²) in [5, 5.41) is 3.24.